The number of benzene rings is 3. The summed E-state index contributed by atoms with van der Waals surface area (Å²) in [6, 6.07) is 24.7. The lowest BCUT2D eigenvalue weighted by molar-refractivity contribution is 1.30. The summed E-state index contributed by atoms with van der Waals surface area (Å²) in [6.45, 7) is 0. The fourth-order valence-electron chi connectivity index (χ4n) is 2.43. The van der Waals surface area contributed by atoms with Gasteiger partial charge in [-0.25, -0.2) is 0 Å². The van der Waals surface area contributed by atoms with Crippen molar-refractivity contribution in [3.63, 3.8) is 0 Å². The molecule has 4 rings (SSSR count). The van der Waals surface area contributed by atoms with E-state index in [0.717, 1.165) is 22.6 Å². The van der Waals surface area contributed by atoms with Crippen molar-refractivity contribution in [1.82, 2.24) is 0 Å². The van der Waals surface area contributed by atoms with Crippen molar-refractivity contribution in [1.29, 1.82) is 0 Å². The van der Waals surface area contributed by atoms with Gasteiger partial charge in [0.1, 0.15) is 0 Å². The third kappa shape index (κ3) is 2.51. The molecule has 1 aliphatic heterocycles. The van der Waals surface area contributed by atoms with Gasteiger partial charge >= 0.3 is 0 Å². The summed E-state index contributed by atoms with van der Waals surface area (Å²) in [5.41, 5.74) is 4.29. The van der Waals surface area contributed by atoms with E-state index in [1.54, 1.807) is 11.8 Å². The van der Waals surface area contributed by atoms with E-state index >= 15 is 0 Å². The molecule has 0 radical (unpaired) electrons. The molecule has 0 bridgehead atoms. The number of aliphatic imine (C=N–C) groups is 1. The maximum Gasteiger partial charge on any atom is 0.0876 e. The Hall–Kier alpha value is -2.52. The van der Waals surface area contributed by atoms with Crippen LogP contribution in [-0.4, -0.2) is 6.21 Å². The van der Waals surface area contributed by atoms with Crippen molar-refractivity contribution < 1.29 is 0 Å². The van der Waals surface area contributed by atoms with Crippen LogP contribution in [0.5, 0.6) is 0 Å². The maximum absolute atomic E-state index is 4.66. The molecule has 0 saturated heterocycles. The van der Waals surface area contributed by atoms with E-state index in [-0.39, 0.29) is 0 Å². The Labute approximate surface area is 133 Å². The largest absolute Gasteiger partial charge is 0.352 e. The van der Waals surface area contributed by atoms with Crippen LogP contribution >= 0.6 is 11.8 Å². The summed E-state index contributed by atoms with van der Waals surface area (Å²) in [4.78, 5) is 7.12. The second-order valence-corrected chi connectivity index (χ2v) is 6.13. The van der Waals surface area contributed by atoms with Crippen molar-refractivity contribution >= 4 is 35.0 Å². The predicted octanol–water partition coefficient (Wildman–Crippen LogP) is 5.65. The van der Waals surface area contributed by atoms with E-state index in [1.807, 2.05) is 36.5 Å². The normalized spacial score (nSPS) is 12.5. The van der Waals surface area contributed by atoms with Crippen molar-refractivity contribution in [2.24, 2.45) is 4.99 Å². The highest BCUT2D eigenvalue weighted by molar-refractivity contribution is 7.99. The quantitative estimate of drug-likeness (QED) is 0.484. The zero-order valence-electron chi connectivity index (χ0n) is 11.9. The number of fused-ring (bicyclic) bond motifs is 2. The zero-order valence-corrected chi connectivity index (χ0v) is 12.7. The number of nitrogens with zero attached hydrogens (tertiary/aromatic N) is 1. The molecule has 0 aromatic heterocycles. The number of rotatable bonds is 2. The Kier molecular flexibility index (Phi) is 3.41. The van der Waals surface area contributed by atoms with Gasteiger partial charge in [0.05, 0.1) is 17.1 Å². The van der Waals surface area contributed by atoms with E-state index in [1.165, 1.54) is 9.79 Å². The maximum atomic E-state index is 4.66. The fraction of sp³-hybridized carbons (Fsp3) is 0. The molecule has 0 unspecified atom stereocenters. The van der Waals surface area contributed by atoms with Crippen LogP contribution in [0.15, 0.2) is 87.6 Å². The highest BCUT2D eigenvalue weighted by Crippen LogP contribution is 2.47. The second-order valence-electron chi connectivity index (χ2n) is 5.04. The minimum Gasteiger partial charge on any atom is -0.352 e. The molecule has 0 aliphatic carbocycles. The Morgan fingerprint density at radius 1 is 0.773 bits per heavy atom. The van der Waals surface area contributed by atoms with E-state index in [9.17, 15) is 0 Å². The third-order valence-electron chi connectivity index (χ3n) is 3.52. The van der Waals surface area contributed by atoms with Gasteiger partial charge in [-0.15, -0.1) is 0 Å². The van der Waals surface area contributed by atoms with E-state index in [2.05, 4.69) is 52.8 Å². The minimum atomic E-state index is 0.961. The molecule has 2 nitrogen and oxygen atoms in total. The number of anilines is 2. The van der Waals surface area contributed by atoms with Crippen LogP contribution in [-0.2, 0) is 0 Å². The smallest absolute Gasteiger partial charge is 0.0876 e. The van der Waals surface area contributed by atoms with Crippen molar-refractivity contribution in [3.8, 4) is 0 Å². The summed E-state index contributed by atoms with van der Waals surface area (Å²) < 4.78 is 0. The first-order valence-corrected chi connectivity index (χ1v) is 7.98. The van der Waals surface area contributed by atoms with E-state index in [4.69, 9.17) is 0 Å². The molecule has 106 valence electrons. The molecule has 0 spiro atoms. The molecule has 0 saturated carbocycles. The molecular formula is C19H14N2S. The summed E-state index contributed by atoms with van der Waals surface area (Å²) >= 11 is 1.78. The van der Waals surface area contributed by atoms with E-state index in [0.29, 0.717) is 0 Å². The van der Waals surface area contributed by atoms with Crippen molar-refractivity contribution in [2.75, 3.05) is 5.32 Å². The number of hydrogen-bond acceptors (Lipinski definition) is 3. The summed E-state index contributed by atoms with van der Waals surface area (Å²) in [6.07, 6.45) is 1.91. The van der Waals surface area contributed by atoms with Gasteiger partial charge < -0.3 is 5.32 Å². The summed E-state index contributed by atoms with van der Waals surface area (Å²) in [5.74, 6) is 0. The monoisotopic (exact) mass is 302 g/mol. The number of nitrogens with one attached hydrogen (secondary N) is 1. The van der Waals surface area contributed by atoms with E-state index < -0.39 is 0 Å². The topological polar surface area (TPSA) is 24.4 Å². The average molecular weight is 302 g/mol. The SMILES string of the molecule is C(=Nc1cccc2c1Nc1ccccc1S2)c1ccccc1. The molecule has 22 heavy (non-hydrogen) atoms. The van der Waals surface area contributed by atoms with Crippen molar-refractivity contribution in [3.05, 3.63) is 78.4 Å². The first kappa shape index (κ1) is 13.2. The summed E-state index contributed by atoms with van der Waals surface area (Å²) in [7, 11) is 0. The van der Waals surface area contributed by atoms with Crippen LogP contribution in [0.2, 0.25) is 0 Å². The second kappa shape index (κ2) is 5.70. The molecule has 0 amide bonds. The molecule has 1 N–H and O–H groups in total. The Bertz CT molecular complexity index is 841. The highest BCUT2D eigenvalue weighted by Gasteiger charge is 2.17. The van der Waals surface area contributed by atoms with Crippen LogP contribution in [0.4, 0.5) is 17.1 Å². The molecule has 3 aromatic rings. The fourth-order valence-corrected chi connectivity index (χ4v) is 3.45. The van der Waals surface area contributed by atoms with Crippen LogP contribution in [0.1, 0.15) is 5.56 Å². The van der Waals surface area contributed by atoms with Crippen LogP contribution in [0.25, 0.3) is 0 Å². The Balaban J connectivity index is 1.71. The molecule has 1 heterocycles. The van der Waals surface area contributed by atoms with Gasteiger partial charge in [0.15, 0.2) is 0 Å². The van der Waals surface area contributed by atoms with Gasteiger partial charge in [0.2, 0.25) is 0 Å². The average Bonchev–Trinajstić information content (AvgIpc) is 2.59. The van der Waals surface area contributed by atoms with Crippen LogP contribution in [0, 0.1) is 0 Å². The molecule has 1 aliphatic rings. The zero-order chi connectivity index (χ0) is 14.8. The number of hydrogen-bond donors (Lipinski definition) is 1. The van der Waals surface area contributed by atoms with Gasteiger partial charge in [-0.1, -0.05) is 60.3 Å². The Morgan fingerprint density at radius 3 is 2.45 bits per heavy atom. The lowest BCUT2D eigenvalue weighted by Gasteiger charge is -2.21. The lowest BCUT2D eigenvalue weighted by atomic mass is 10.2. The lowest BCUT2D eigenvalue weighted by Crippen LogP contribution is -1.99. The minimum absolute atomic E-state index is 0.961. The van der Waals surface area contributed by atoms with Crippen LogP contribution < -0.4 is 5.32 Å². The third-order valence-corrected chi connectivity index (χ3v) is 4.66. The van der Waals surface area contributed by atoms with Crippen molar-refractivity contribution in [2.45, 2.75) is 9.79 Å². The molecular weight excluding hydrogens is 288 g/mol. The Morgan fingerprint density at radius 2 is 1.55 bits per heavy atom. The van der Waals surface area contributed by atoms with Gasteiger partial charge in [-0.2, -0.15) is 0 Å². The highest BCUT2D eigenvalue weighted by atomic mass is 32.2. The van der Waals surface area contributed by atoms with Crippen LogP contribution in [0.3, 0.4) is 0 Å². The molecule has 0 fully saturated rings. The number of para-hydroxylation sites is 2. The molecule has 3 aromatic carbocycles. The van der Waals surface area contributed by atoms with Gasteiger partial charge in [0, 0.05) is 16.0 Å². The molecule has 3 heteroatoms. The van der Waals surface area contributed by atoms with Gasteiger partial charge in [-0.3, -0.25) is 4.99 Å². The standard InChI is InChI=1S/C19H14N2S/c1-2-7-14(8-3-1)13-20-16-10-6-12-18-19(16)21-15-9-4-5-11-17(15)22-18/h1-13,21H. The van der Waals surface area contributed by atoms with Gasteiger partial charge in [0.25, 0.3) is 0 Å². The predicted molar refractivity (Wildman–Crippen MR) is 94.0 cm³/mol. The molecule has 0 atom stereocenters. The first-order chi connectivity index (χ1) is 10.9. The van der Waals surface area contributed by atoms with Gasteiger partial charge in [-0.05, 0) is 29.8 Å². The summed E-state index contributed by atoms with van der Waals surface area (Å²) in [5, 5.41) is 3.51. The first-order valence-electron chi connectivity index (χ1n) is 7.16.